The van der Waals surface area contributed by atoms with Crippen molar-refractivity contribution in [2.45, 2.75) is 32.6 Å². The molecule has 1 saturated heterocycles. The molecule has 3 aromatic rings. The lowest BCUT2D eigenvalue weighted by Crippen LogP contribution is -2.33. The van der Waals surface area contributed by atoms with Crippen molar-refractivity contribution in [1.82, 2.24) is 0 Å². The van der Waals surface area contributed by atoms with Crippen LogP contribution in [0.5, 0.6) is 0 Å². The predicted octanol–water partition coefficient (Wildman–Crippen LogP) is 5.03. The Morgan fingerprint density at radius 2 is 1.51 bits per heavy atom. The van der Waals surface area contributed by atoms with Gasteiger partial charge in [-0.1, -0.05) is 48.5 Å². The van der Waals surface area contributed by atoms with Crippen LogP contribution in [0, 0.1) is 37.5 Å². The molecule has 5 atom stereocenters. The fourth-order valence-corrected chi connectivity index (χ4v) is 6.95. The number of hydrogen-bond acceptors (Lipinski definition) is 5. The summed E-state index contributed by atoms with van der Waals surface area (Å²) in [7, 11) is 0. The molecule has 2 saturated carbocycles. The summed E-state index contributed by atoms with van der Waals surface area (Å²) in [6, 6.07) is 22.2. The van der Waals surface area contributed by atoms with Crippen LogP contribution in [0.1, 0.15) is 45.8 Å². The highest BCUT2D eigenvalue weighted by Gasteiger charge is 2.64. The lowest BCUT2D eigenvalue weighted by Gasteiger charge is -2.28. The first-order valence-electron chi connectivity index (χ1n) is 13.4. The van der Waals surface area contributed by atoms with Gasteiger partial charge in [-0.25, -0.2) is 4.79 Å². The maximum absolute atomic E-state index is 13.5. The number of fused-ring (bicyclic) bond motifs is 5. The summed E-state index contributed by atoms with van der Waals surface area (Å²) in [6.45, 7) is 3.36. The van der Waals surface area contributed by atoms with Crippen LogP contribution in [0.2, 0.25) is 0 Å². The highest BCUT2D eigenvalue weighted by Crippen LogP contribution is 2.61. The van der Waals surface area contributed by atoms with Crippen LogP contribution in [0.25, 0.3) is 0 Å². The third-order valence-electron chi connectivity index (χ3n) is 8.68. The van der Waals surface area contributed by atoms with E-state index in [0.29, 0.717) is 17.3 Å². The zero-order chi connectivity index (χ0) is 27.3. The Labute approximate surface area is 227 Å². The fourth-order valence-electron chi connectivity index (χ4n) is 6.95. The molecular weight excluding hydrogens is 492 g/mol. The smallest absolute Gasteiger partial charge is 0.338 e. The molecule has 3 fully saturated rings. The molecule has 0 spiro atoms. The van der Waals surface area contributed by atoms with E-state index >= 15 is 0 Å². The topological polar surface area (TPSA) is 92.8 Å². The summed E-state index contributed by atoms with van der Waals surface area (Å²) >= 11 is 0. The second kappa shape index (κ2) is 9.80. The van der Waals surface area contributed by atoms with Crippen molar-refractivity contribution in [2.75, 3.05) is 16.8 Å². The van der Waals surface area contributed by atoms with Crippen LogP contribution in [0.4, 0.5) is 11.4 Å². The first kappa shape index (κ1) is 25.0. The lowest BCUT2D eigenvalue weighted by molar-refractivity contribution is -0.123. The highest BCUT2D eigenvalue weighted by atomic mass is 16.5. The number of benzene rings is 3. The van der Waals surface area contributed by atoms with E-state index in [1.807, 2.05) is 50.2 Å². The maximum Gasteiger partial charge on any atom is 0.338 e. The number of anilines is 2. The number of esters is 1. The normalized spacial score (nSPS) is 25.1. The molecule has 1 aliphatic heterocycles. The minimum absolute atomic E-state index is 0.137. The Morgan fingerprint density at radius 1 is 0.846 bits per heavy atom. The average Bonchev–Trinajstić information content (AvgIpc) is 3.61. The van der Waals surface area contributed by atoms with E-state index in [2.05, 4.69) is 17.4 Å². The van der Waals surface area contributed by atoms with Gasteiger partial charge in [-0.3, -0.25) is 19.3 Å². The monoisotopic (exact) mass is 522 g/mol. The molecule has 7 nitrogen and oxygen atoms in total. The minimum Gasteiger partial charge on any atom is -0.452 e. The molecule has 0 aromatic heterocycles. The Morgan fingerprint density at radius 3 is 2.21 bits per heavy atom. The molecule has 6 rings (SSSR count). The maximum atomic E-state index is 13.5. The van der Waals surface area contributed by atoms with Gasteiger partial charge in [0.25, 0.3) is 5.91 Å². The van der Waals surface area contributed by atoms with Gasteiger partial charge in [0.05, 0.1) is 23.1 Å². The Hall–Kier alpha value is -4.26. The Kier molecular flexibility index (Phi) is 6.29. The van der Waals surface area contributed by atoms with Gasteiger partial charge in [-0.2, -0.15) is 0 Å². The largest absolute Gasteiger partial charge is 0.452 e. The number of hydrogen-bond donors (Lipinski definition) is 1. The minimum atomic E-state index is -0.655. The van der Waals surface area contributed by atoms with Crippen LogP contribution >= 0.6 is 0 Å². The van der Waals surface area contributed by atoms with Crippen LogP contribution in [-0.4, -0.2) is 30.3 Å². The second-order valence-corrected chi connectivity index (χ2v) is 10.9. The molecule has 2 bridgehead atoms. The van der Waals surface area contributed by atoms with Crippen molar-refractivity contribution < 1.29 is 23.9 Å². The summed E-state index contributed by atoms with van der Waals surface area (Å²) in [6.07, 6.45) is 1.85. The molecule has 198 valence electrons. The third-order valence-corrected chi connectivity index (χ3v) is 8.68. The molecule has 1 heterocycles. The van der Waals surface area contributed by atoms with Crippen molar-refractivity contribution in [1.29, 1.82) is 0 Å². The van der Waals surface area contributed by atoms with Crippen LogP contribution in [-0.2, 0) is 19.1 Å². The first-order valence-corrected chi connectivity index (χ1v) is 13.4. The van der Waals surface area contributed by atoms with Crippen LogP contribution < -0.4 is 10.2 Å². The predicted molar refractivity (Wildman–Crippen MR) is 146 cm³/mol. The quantitative estimate of drug-likeness (QED) is 0.362. The number of amides is 3. The molecule has 0 unspecified atom stereocenters. The lowest BCUT2D eigenvalue weighted by atomic mass is 9.73. The number of aryl methyl sites for hydroxylation is 2. The number of carbonyl (C=O) groups excluding carboxylic acids is 4. The van der Waals surface area contributed by atoms with Gasteiger partial charge in [0, 0.05) is 5.69 Å². The van der Waals surface area contributed by atoms with E-state index < -0.39 is 18.5 Å². The summed E-state index contributed by atoms with van der Waals surface area (Å²) in [5, 5.41) is 2.79. The highest BCUT2D eigenvalue weighted by molar-refractivity contribution is 6.22. The van der Waals surface area contributed by atoms with E-state index in [-0.39, 0.29) is 41.0 Å². The number of nitrogens with zero attached hydrogens (tertiary/aromatic N) is 1. The van der Waals surface area contributed by atoms with E-state index in [1.165, 1.54) is 22.6 Å². The zero-order valence-corrected chi connectivity index (χ0v) is 21.9. The first-order chi connectivity index (χ1) is 18.8. The van der Waals surface area contributed by atoms with Gasteiger partial charge in [0.1, 0.15) is 0 Å². The zero-order valence-electron chi connectivity index (χ0n) is 21.9. The fraction of sp³-hybridized carbons (Fsp3) is 0.312. The molecule has 3 aliphatic rings. The van der Waals surface area contributed by atoms with Gasteiger partial charge >= 0.3 is 5.97 Å². The van der Waals surface area contributed by atoms with E-state index in [9.17, 15) is 19.2 Å². The van der Waals surface area contributed by atoms with E-state index in [1.54, 1.807) is 12.1 Å². The molecule has 3 aromatic carbocycles. The van der Waals surface area contributed by atoms with Crippen molar-refractivity contribution in [3.8, 4) is 0 Å². The second-order valence-electron chi connectivity index (χ2n) is 10.9. The molecule has 39 heavy (non-hydrogen) atoms. The number of imide groups is 1. The van der Waals surface area contributed by atoms with Crippen molar-refractivity contribution >= 4 is 35.1 Å². The summed E-state index contributed by atoms with van der Waals surface area (Å²) in [5.74, 6) is -1.22. The van der Waals surface area contributed by atoms with Crippen LogP contribution in [0.3, 0.4) is 0 Å². The average molecular weight is 523 g/mol. The van der Waals surface area contributed by atoms with Crippen molar-refractivity contribution in [2.24, 2.45) is 23.7 Å². The molecular formula is C32H30N2O5. The van der Waals surface area contributed by atoms with Gasteiger partial charge in [0.2, 0.25) is 11.8 Å². The van der Waals surface area contributed by atoms with E-state index in [0.717, 1.165) is 24.0 Å². The van der Waals surface area contributed by atoms with Crippen molar-refractivity contribution in [3.05, 3.63) is 95.1 Å². The standard InChI is InChI=1S/C32H30N2O5/c1-18-7-6-8-19(2)29(18)33-26(35)17-39-32(38)21-11-13-23(14-12-21)34-30(36)27-22-15-24(20-9-4-3-5-10-20)25(16-22)28(27)31(34)37/h3-14,22,24-25,27-28H,15-17H2,1-2H3,(H,33,35)/t22-,24-,25+,27+,28-/m0/s1. The van der Waals surface area contributed by atoms with Crippen molar-refractivity contribution in [3.63, 3.8) is 0 Å². The molecule has 1 N–H and O–H groups in total. The number of para-hydroxylation sites is 1. The SMILES string of the molecule is Cc1cccc(C)c1NC(=O)COC(=O)c1ccc(N2C(=O)[C@@H]3[C@@H]4C[C@@H]([C@@H]3C2=O)[C@H](c2ccccc2)C4)cc1. The number of carbonyl (C=O) groups is 4. The molecule has 3 amide bonds. The molecule has 0 radical (unpaired) electrons. The van der Waals surface area contributed by atoms with Gasteiger partial charge in [0.15, 0.2) is 6.61 Å². The van der Waals surface area contributed by atoms with Gasteiger partial charge in [-0.05, 0) is 85.4 Å². The molecule has 2 aliphatic carbocycles. The van der Waals surface area contributed by atoms with Gasteiger partial charge in [-0.15, -0.1) is 0 Å². The van der Waals surface area contributed by atoms with Crippen LogP contribution in [0.15, 0.2) is 72.8 Å². The molecule has 7 heteroatoms. The summed E-state index contributed by atoms with van der Waals surface area (Å²) in [4.78, 5) is 53.1. The van der Waals surface area contributed by atoms with E-state index in [4.69, 9.17) is 4.74 Å². The Bertz CT molecular complexity index is 1450. The third kappa shape index (κ3) is 4.32. The number of rotatable bonds is 6. The van der Waals surface area contributed by atoms with Gasteiger partial charge < -0.3 is 10.1 Å². The summed E-state index contributed by atoms with van der Waals surface area (Å²) < 4.78 is 5.20. The Balaban J connectivity index is 1.10. The number of ether oxygens (including phenoxy) is 1. The summed E-state index contributed by atoms with van der Waals surface area (Å²) in [5.41, 5.74) is 4.48. The number of nitrogens with one attached hydrogen (secondary N) is 1.